The van der Waals surface area contributed by atoms with Gasteiger partial charge in [0.2, 0.25) is 0 Å². The van der Waals surface area contributed by atoms with Crippen LogP contribution in [0.5, 0.6) is 0 Å². The van der Waals surface area contributed by atoms with Gasteiger partial charge in [0.15, 0.2) is 0 Å². The molecule has 0 fully saturated rings. The Morgan fingerprint density at radius 2 is 2.00 bits per heavy atom. The van der Waals surface area contributed by atoms with E-state index < -0.39 is 7.82 Å². The van der Waals surface area contributed by atoms with Crippen LogP contribution in [0.2, 0.25) is 0 Å². The van der Waals surface area contributed by atoms with Gasteiger partial charge in [0.1, 0.15) is 0 Å². The van der Waals surface area contributed by atoms with Crippen LogP contribution in [-0.2, 0) is 9.09 Å². The van der Waals surface area contributed by atoms with Crippen LogP contribution in [0.25, 0.3) is 0 Å². The molecular formula is C8H20KO4P. The molecule has 1 unspecified atom stereocenters. The summed E-state index contributed by atoms with van der Waals surface area (Å²) in [5.41, 5.74) is 0. The first kappa shape index (κ1) is 18.1. The maximum absolute atomic E-state index is 10.4. The van der Waals surface area contributed by atoms with Crippen molar-refractivity contribution in [1.29, 1.82) is 0 Å². The molecule has 0 aromatic rings. The van der Waals surface area contributed by atoms with Crippen LogP contribution < -0.4 is 51.4 Å². The minimum atomic E-state index is -4.26. The van der Waals surface area contributed by atoms with Crippen LogP contribution in [0.1, 0.15) is 41.0 Å². The summed E-state index contributed by atoms with van der Waals surface area (Å²) in [6, 6.07) is 0. The van der Waals surface area contributed by atoms with Gasteiger partial charge in [-0.15, -0.1) is 0 Å². The average Bonchev–Trinajstić information content (AvgIpc) is 2.03. The number of hydrogen-bond acceptors (Lipinski definition) is 2. The first-order chi connectivity index (χ1) is 5.99. The monoisotopic (exact) mass is 250 g/mol. The van der Waals surface area contributed by atoms with E-state index in [1.165, 1.54) is 0 Å². The molecule has 4 nitrogen and oxygen atoms in total. The predicted octanol–water partition coefficient (Wildman–Crippen LogP) is -0.571. The molecule has 14 heavy (non-hydrogen) atoms. The topological polar surface area (TPSA) is 66.8 Å². The van der Waals surface area contributed by atoms with E-state index in [9.17, 15) is 4.57 Å². The Kier molecular flexibility index (Phi) is 12.9. The second-order valence-corrected chi connectivity index (χ2v) is 4.44. The van der Waals surface area contributed by atoms with E-state index in [-0.39, 0.29) is 65.3 Å². The summed E-state index contributed by atoms with van der Waals surface area (Å²) in [6.45, 7) is 4.26. The van der Waals surface area contributed by atoms with E-state index >= 15 is 0 Å². The summed E-state index contributed by atoms with van der Waals surface area (Å²) in [6.07, 6.45) is 4.07. The zero-order chi connectivity index (χ0) is 10.3. The SMILES string of the molecule is CCCCC(CC)COP(=O)(O)O.[H-].[K+]. The number of phosphoric acid groups is 1. The van der Waals surface area contributed by atoms with Crippen molar-refractivity contribution < 1.29 is 71.7 Å². The van der Waals surface area contributed by atoms with E-state index in [0.29, 0.717) is 0 Å². The van der Waals surface area contributed by atoms with E-state index in [2.05, 4.69) is 11.4 Å². The molecule has 0 aliphatic rings. The third-order valence-corrected chi connectivity index (χ3v) is 2.51. The third kappa shape index (κ3) is 11.8. The van der Waals surface area contributed by atoms with Gasteiger partial charge in [-0.3, -0.25) is 4.52 Å². The third-order valence-electron chi connectivity index (χ3n) is 2.02. The number of hydrogen-bond donors (Lipinski definition) is 2. The Morgan fingerprint density at radius 1 is 1.43 bits per heavy atom. The van der Waals surface area contributed by atoms with Crippen LogP contribution in [-0.4, -0.2) is 16.4 Å². The van der Waals surface area contributed by atoms with Crippen molar-refractivity contribution in [2.45, 2.75) is 39.5 Å². The van der Waals surface area contributed by atoms with E-state index in [1.54, 1.807) is 0 Å². The van der Waals surface area contributed by atoms with Crippen molar-refractivity contribution in [3.8, 4) is 0 Å². The molecule has 2 N–H and O–H groups in total. The van der Waals surface area contributed by atoms with Crippen molar-refractivity contribution >= 4 is 7.82 Å². The maximum atomic E-state index is 10.4. The van der Waals surface area contributed by atoms with Crippen LogP contribution in [0, 0.1) is 5.92 Å². The van der Waals surface area contributed by atoms with E-state index in [4.69, 9.17) is 9.79 Å². The van der Waals surface area contributed by atoms with Crippen LogP contribution in [0.15, 0.2) is 0 Å². The molecule has 82 valence electrons. The summed E-state index contributed by atoms with van der Waals surface area (Å²) in [7, 11) is -4.26. The van der Waals surface area contributed by atoms with Crippen LogP contribution >= 0.6 is 7.82 Å². The fourth-order valence-corrected chi connectivity index (χ4v) is 1.51. The van der Waals surface area contributed by atoms with Gasteiger partial charge >= 0.3 is 59.2 Å². The van der Waals surface area contributed by atoms with Crippen molar-refractivity contribution in [1.82, 2.24) is 0 Å². The molecule has 0 amide bonds. The largest absolute Gasteiger partial charge is 1.00 e. The first-order valence-electron chi connectivity index (χ1n) is 4.69. The Bertz CT molecular complexity index is 176. The molecule has 0 radical (unpaired) electrons. The molecule has 0 aromatic heterocycles. The summed E-state index contributed by atoms with van der Waals surface area (Å²) in [5.74, 6) is 0.271. The minimum Gasteiger partial charge on any atom is -1.00 e. The Labute approximate surface area is 130 Å². The molecule has 0 heterocycles. The van der Waals surface area contributed by atoms with Crippen molar-refractivity contribution in [2.75, 3.05) is 6.61 Å². The van der Waals surface area contributed by atoms with Gasteiger partial charge in [0, 0.05) is 0 Å². The molecule has 0 saturated carbocycles. The minimum absolute atomic E-state index is 0. The molecule has 6 heteroatoms. The van der Waals surface area contributed by atoms with Gasteiger partial charge in [0.05, 0.1) is 6.61 Å². The fourth-order valence-electron chi connectivity index (χ4n) is 1.10. The van der Waals surface area contributed by atoms with Crippen LogP contribution in [0.4, 0.5) is 0 Å². The molecular weight excluding hydrogens is 230 g/mol. The molecule has 1 atom stereocenters. The summed E-state index contributed by atoms with van der Waals surface area (Å²) in [4.78, 5) is 17.0. The van der Waals surface area contributed by atoms with Crippen LogP contribution in [0.3, 0.4) is 0 Å². The smallest absolute Gasteiger partial charge is 1.00 e. The first-order valence-corrected chi connectivity index (χ1v) is 6.22. The summed E-state index contributed by atoms with van der Waals surface area (Å²) in [5, 5.41) is 0. The summed E-state index contributed by atoms with van der Waals surface area (Å²) >= 11 is 0. The maximum Gasteiger partial charge on any atom is 1.00 e. The molecule has 0 rings (SSSR count). The Hall–Kier alpha value is 1.75. The Balaban J connectivity index is -0.000000720. The molecule has 0 saturated heterocycles. The molecule has 0 aliphatic heterocycles. The predicted molar refractivity (Wildman–Crippen MR) is 52.4 cm³/mol. The van der Waals surface area contributed by atoms with Gasteiger partial charge in [-0.25, -0.2) is 4.57 Å². The van der Waals surface area contributed by atoms with Gasteiger partial charge in [-0.05, 0) is 12.3 Å². The zero-order valence-corrected chi connectivity index (χ0v) is 13.3. The summed E-state index contributed by atoms with van der Waals surface area (Å²) < 4.78 is 14.8. The normalized spacial score (nSPS) is 13.4. The second kappa shape index (κ2) is 9.94. The van der Waals surface area contributed by atoms with Crippen molar-refractivity contribution in [3.63, 3.8) is 0 Å². The number of unbranched alkanes of at least 4 members (excludes halogenated alkanes) is 1. The molecule has 0 aromatic carbocycles. The molecule has 0 spiro atoms. The van der Waals surface area contributed by atoms with E-state index in [0.717, 1.165) is 25.7 Å². The molecule has 0 aliphatic carbocycles. The molecule has 0 bridgehead atoms. The van der Waals surface area contributed by atoms with Gasteiger partial charge in [-0.1, -0.05) is 33.1 Å². The fraction of sp³-hybridized carbons (Fsp3) is 1.00. The standard InChI is InChI=1S/C8H19O4P.K.H/c1-3-5-6-8(4-2)7-12-13(9,10)11;;/h8H,3-7H2,1-2H3,(H2,9,10,11);;/q;+1;-1. The van der Waals surface area contributed by atoms with Gasteiger partial charge < -0.3 is 11.2 Å². The van der Waals surface area contributed by atoms with Gasteiger partial charge in [0.25, 0.3) is 0 Å². The van der Waals surface area contributed by atoms with Crippen molar-refractivity contribution in [2.24, 2.45) is 5.92 Å². The van der Waals surface area contributed by atoms with E-state index in [1.807, 2.05) is 6.92 Å². The zero-order valence-electron chi connectivity index (χ0n) is 10.3. The second-order valence-electron chi connectivity index (χ2n) is 3.20. The van der Waals surface area contributed by atoms with Crippen molar-refractivity contribution in [3.05, 3.63) is 0 Å². The number of rotatable bonds is 7. The Morgan fingerprint density at radius 3 is 2.36 bits per heavy atom. The quantitative estimate of drug-likeness (QED) is 0.469. The van der Waals surface area contributed by atoms with Gasteiger partial charge in [-0.2, -0.15) is 0 Å². The number of phosphoric ester groups is 1. The average molecular weight is 250 g/mol.